The second-order valence-electron chi connectivity index (χ2n) is 3.84. The van der Waals surface area contributed by atoms with Crippen LogP contribution in [0.1, 0.15) is 16.2 Å². The van der Waals surface area contributed by atoms with E-state index in [1.54, 1.807) is 30.2 Å². The maximum atomic E-state index is 11.8. The number of nitrogens with zero attached hydrogens (tertiary/aromatic N) is 3. The summed E-state index contributed by atoms with van der Waals surface area (Å²) in [4.78, 5) is 15.9. The van der Waals surface area contributed by atoms with Gasteiger partial charge in [0.2, 0.25) is 0 Å². The fourth-order valence-corrected chi connectivity index (χ4v) is 1.51. The van der Waals surface area contributed by atoms with Gasteiger partial charge in [0.25, 0.3) is 5.91 Å². The molecule has 0 radical (unpaired) electrons. The summed E-state index contributed by atoms with van der Waals surface area (Å²) in [5.74, 6) is 0.461. The summed E-state index contributed by atoms with van der Waals surface area (Å²) in [6.45, 7) is 0.327. The summed E-state index contributed by atoms with van der Waals surface area (Å²) in [7, 11) is 3.62. The molecule has 0 aliphatic rings. The van der Waals surface area contributed by atoms with Crippen molar-refractivity contribution in [1.29, 1.82) is 0 Å². The van der Waals surface area contributed by atoms with Gasteiger partial charge < -0.3 is 10.6 Å². The fraction of sp³-hybridized carbons (Fsp3) is 0.250. The molecule has 1 heterocycles. The summed E-state index contributed by atoms with van der Waals surface area (Å²) < 4.78 is 1.60. The Bertz CT molecular complexity index is 532. The number of nitrogens with one attached hydrogen (secondary N) is 2. The van der Waals surface area contributed by atoms with Crippen molar-refractivity contribution < 1.29 is 4.79 Å². The van der Waals surface area contributed by atoms with Gasteiger partial charge in [0.05, 0.1) is 6.54 Å². The number of benzene rings is 1. The third-order valence-corrected chi connectivity index (χ3v) is 2.49. The van der Waals surface area contributed by atoms with Crippen LogP contribution in [-0.2, 0) is 13.6 Å². The number of carbonyl (C=O) groups is 1. The molecule has 0 saturated carbocycles. The van der Waals surface area contributed by atoms with Gasteiger partial charge in [-0.25, -0.2) is 4.98 Å². The monoisotopic (exact) mass is 245 g/mol. The lowest BCUT2D eigenvalue weighted by atomic mass is 10.2. The van der Waals surface area contributed by atoms with E-state index in [-0.39, 0.29) is 5.91 Å². The molecule has 1 aromatic heterocycles. The molecule has 0 atom stereocenters. The van der Waals surface area contributed by atoms with Crippen LogP contribution in [0.5, 0.6) is 0 Å². The third kappa shape index (κ3) is 2.85. The van der Waals surface area contributed by atoms with Crippen molar-refractivity contribution in [2.75, 3.05) is 12.4 Å². The highest BCUT2D eigenvalue weighted by atomic mass is 16.1. The maximum absolute atomic E-state index is 11.8. The third-order valence-electron chi connectivity index (χ3n) is 2.49. The first kappa shape index (κ1) is 12.1. The Morgan fingerprint density at radius 2 is 2.06 bits per heavy atom. The lowest BCUT2D eigenvalue weighted by Crippen LogP contribution is -2.23. The Labute approximate surface area is 105 Å². The summed E-state index contributed by atoms with van der Waals surface area (Å²) in [6, 6.07) is 7.25. The van der Waals surface area contributed by atoms with Crippen LogP contribution >= 0.6 is 0 Å². The number of aromatic nitrogens is 3. The number of rotatable bonds is 4. The minimum absolute atomic E-state index is 0.134. The molecule has 0 aliphatic carbocycles. The van der Waals surface area contributed by atoms with Crippen molar-refractivity contribution in [2.45, 2.75) is 6.54 Å². The standard InChI is InChI=1S/C12H15N5O/c1-13-10-5-3-9(4-6-10)12(18)14-7-11-15-8-17(2)16-11/h3-6,8,13H,7H2,1-2H3,(H,14,18). The van der Waals surface area contributed by atoms with Crippen LogP contribution in [0.4, 0.5) is 5.69 Å². The van der Waals surface area contributed by atoms with Crippen LogP contribution in [0.15, 0.2) is 30.6 Å². The quantitative estimate of drug-likeness (QED) is 0.835. The minimum Gasteiger partial charge on any atom is -0.388 e. The second-order valence-corrected chi connectivity index (χ2v) is 3.84. The number of carbonyl (C=O) groups excluding carboxylic acids is 1. The van der Waals surface area contributed by atoms with Gasteiger partial charge in [0.1, 0.15) is 6.33 Å². The topological polar surface area (TPSA) is 71.8 Å². The van der Waals surface area contributed by atoms with Crippen molar-refractivity contribution in [2.24, 2.45) is 7.05 Å². The number of anilines is 1. The summed E-state index contributed by atoms with van der Waals surface area (Å²) >= 11 is 0. The van der Waals surface area contributed by atoms with Crippen LogP contribution in [0.2, 0.25) is 0 Å². The van der Waals surface area contributed by atoms with E-state index < -0.39 is 0 Å². The Kier molecular flexibility index (Phi) is 3.57. The van der Waals surface area contributed by atoms with E-state index in [0.29, 0.717) is 17.9 Å². The van der Waals surface area contributed by atoms with Gasteiger partial charge in [-0.05, 0) is 24.3 Å². The lowest BCUT2D eigenvalue weighted by molar-refractivity contribution is 0.0950. The summed E-state index contributed by atoms with van der Waals surface area (Å²) in [6.07, 6.45) is 1.60. The van der Waals surface area contributed by atoms with Crippen LogP contribution in [0.3, 0.4) is 0 Å². The molecule has 6 heteroatoms. The van der Waals surface area contributed by atoms with E-state index in [1.807, 2.05) is 19.2 Å². The molecule has 0 fully saturated rings. The maximum Gasteiger partial charge on any atom is 0.251 e. The van der Waals surface area contributed by atoms with Crippen LogP contribution < -0.4 is 10.6 Å². The van der Waals surface area contributed by atoms with Gasteiger partial charge in [-0.15, -0.1) is 0 Å². The average molecular weight is 245 g/mol. The van der Waals surface area contributed by atoms with E-state index in [0.717, 1.165) is 5.69 Å². The van der Waals surface area contributed by atoms with E-state index in [4.69, 9.17) is 0 Å². The predicted molar refractivity (Wildman–Crippen MR) is 68.2 cm³/mol. The van der Waals surface area contributed by atoms with Gasteiger partial charge >= 0.3 is 0 Å². The fourth-order valence-electron chi connectivity index (χ4n) is 1.51. The molecule has 1 amide bonds. The number of hydrogen-bond donors (Lipinski definition) is 2. The lowest BCUT2D eigenvalue weighted by Gasteiger charge is -2.04. The van der Waals surface area contributed by atoms with Gasteiger partial charge in [-0.1, -0.05) is 0 Å². The molecule has 1 aromatic carbocycles. The first-order valence-electron chi connectivity index (χ1n) is 5.59. The van der Waals surface area contributed by atoms with E-state index >= 15 is 0 Å². The molecule has 0 aliphatic heterocycles. The van der Waals surface area contributed by atoms with Crippen LogP contribution in [0.25, 0.3) is 0 Å². The zero-order valence-electron chi connectivity index (χ0n) is 10.3. The van der Waals surface area contributed by atoms with E-state index in [2.05, 4.69) is 20.7 Å². The summed E-state index contributed by atoms with van der Waals surface area (Å²) in [5.41, 5.74) is 1.59. The number of amides is 1. The number of aryl methyl sites for hydroxylation is 1. The molecule has 2 N–H and O–H groups in total. The van der Waals surface area contributed by atoms with E-state index in [1.165, 1.54) is 0 Å². The van der Waals surface area contributed by atoms with Crippen molar-refractivity contribution in [3.63, 3.8) is 0 Å². The molecule has 2 aromatic rings. The molecule has 0 spiro atoms. The van der Waals surface area contributed by atoms with Crippen molar-refractivity contribution in [1.82, 2.24) is 20.1 Å². The van der Waals surface area contributed by atoms with Gasteiger partial charge in [-0.2, -0.15) is 5.10 Å². The molecular weight excluding hydrogens is 230 g/mol. The summed E-state index contributed by atoms with van der Waals surface area (Å²) in [5, 5.41) is 9.85. The first-order chi connectivity index (χ1) is 8.69. The highest BCUT2D eigenvalue weighted by Gasteiger charge is 2.06. The Balaban J connectivity index is 1.94. The Morgan fingerprint density at radius 1 is 1.33 bits per heavy atom. The van der Waals surface area contributed by atoms with Gasteiger partial charge in [0.15, 0.2) is 5.82 Å². The molecule has 0 saturated heterocycles. The zero-order chi connectivity index (χ0) is 13.0. The molecular formula is C12H15N5O. The molecule has 0 unspecified atom stereocenters. The molecule has 2 rings (SSSR count). The van der Waals surface area contributed by atoms with Crippen molar-refractivity contribution >= 4 is 11.6 Å². The minimum atomic E-state index is -0.134. The average Bonchev–Trinajstić information content (AvgIpc) is 2.82. The molecule has 6 nitrogen and oxygen atoms in total. The zero-order valence-corrected chi connectivity index (χ0v) is 10.3. The van der Waals surface area contributed by atoms with Crippen molar-refractivity contribution in [3.05, 3.63) is 42.0 Å². The second kappa shape index (κ2) is 5.31. The molecule has 94 valence electrons. The Morgan fingerprint density at radius 3 is 2.61 bits per heavy atom. The molecule has 18 heavy (non-hydrogen) atoms. The highest BCUT2D eigenvalue weighted by Crippen LogP contribution is 2.08. The van der Waals surface area contributed by atoms with Crippen LogP contribution in [0, 0.1) is 0 Å². The SMILES string of the molecule is CNc1ccc(C(=O)NCc2ncn(C)n2)cc1. The first-order valence-corrected chi connectivity index (χ1v) is 5.59. The van der Waals surface area contributed by atoms with E-state index in [9.17, 15) is 4.79 Å². The smallest absolute Gasteiger partial charge is 0.251 e. The highest BCUT2D eigenvalue weighted by molar-refractivity contribution is 5.94. The molecule has 0 bridgehead atoms. The van der Waals surface area contributed by atoms with Gasteiger partial charge in [0, 0.05) is 25.3 Å². The number of hydrogen-bond acceptors (Lipinski definition) is 4. The largest absolute Gasteiger partial charge is 0.388 e. The van der Waals surface area contributed by atoms with Crippen LogP contribution in [-0.4, -0.2) is 27.7 Å². The predicted octanol–water partition coefficient (Wildman–Crippen LogP) is 0.787. The normalized spacial score (nSPS) is 10.1. The van der Waals surface area contributed by atoms with Gasteiger partial charge in [-0.3, -0.25) is 9.48 Å². The Hall–Kier alpha value is -2.37. The van der Waals surface area contributed by atoms with Crippen molar-refractivity contribution in [3.8, 4) is 0 Å².